The predicted octanol–water partition coefficient (Wildman–Crippen LogP) is -1.82. The summed E-state index contributed by atoms with van der Waals surface area (Å²) >= 11 is 0. The molecule has 0 aliphatic heterocycles. The third-order valence-electron chi connectivity index (χ3n) is 1.49. The molecule has 0 bridgehead atoms. The fourth-order valence-corrected chi connectivity index (χ4v) is 1.13. The summed E-state index contributed by atoms with van der Waals surface area (Å²) in [5, 5.41) is 8.87. The van der Waals surface area contributed by atoms with Crippen LogP contribution in [0.2, 0.25) is 0 Å². The molecular weight excluding hydrogens is 262 g/mol. The summed E-state index contributed by atoms with van der Waals surface area (Å²) in [4.78, 5) is 31.2. The lowest BCUT2D eigenvalue weighted by molar-refractivity contribution is 0.189. The molecule has 9 N–H and O–H groups in total. The molecule has 0 amide bonds. The van der Waals surface area contributed by atoms with E-state index in [1.165, 1.54) is 0 Å². The largest absolute Gasteiger partial charge is 0.692 e. The number of hydrogen-bond acceptors (Lipinski definition) is 5. The highest BCUT2D eigenvalue weighted by atomic mass is 31.2. The fourth-order valence-electron chi connectivity index (χ4n) is 0.649. The molecule has 2 unspecified atom stereocenters. The second kappa shape index (κ2) is 9.12. The number of nitrogens with two attached hydrogens (primary N) is 2. The Kier molecular flexibility index (Phi) is 10.5. The molecule has 0 spiro atoms. The van der Waals surface area contributed by atoms with Crippen molar-refractivity contribution in [2.45, 2.75) is 24.7 Å². The van der Waals surface area contributed by atoms with E-state index in [1.54, 1.807) is 0 Å². The first-order valence-electron chi connectivity index (χ1n) is 4.15. The molecule has 2 atom stereocenters. The van der Waals surface area contributed by atoms with Crippen LogP contribution in [0.25, 0.3) is 0 Å². The van der Waals surface area contributed by atoms with Crippen LogP contribution in [0, 0.1) is 0 Å². The van der Waals surface area contributed by atoms with Crippen LogP contribution in [0.5, 0.6) is 0 Å². The smallest absolute Gasteiger partial charge is 0.380 e. The van der Waals surface area contributed by atoms with Gasteiger partial charge in [0.05, 0.1) is 0 Å². The van der Waals surface area contributed by atoms with Gasteiger partial charge in [-0.2, -0.15) is 0 Å². The number of aliphatic hydroxyl groups is 1. The van der Waals surface area contributed by atoms with Crippen LogP contribution < -0.4 is 11.5 Å². The summed E-state index contributed by atoms with van der Waals surface area (Å²) < 4.78 is 19.1. The maximum absolute atomic E-state index is 10.4. The standard InChI is InChI=1S/C5H15N2O4P.HO3P/c6-3-4(7)1-2-5(8)12(9,10)11;1-4(2)3/h4-5,8H,1-3,6-7H2,(H2,9,10,11);(H-,1,2,3)/p+1. The van der Waals surface area contributed by atoms with E-state index in [0.29, 0.717) is 6.42 Å². The van der Waals surface area contributed by atoms with Crippen molar-refractivity contribution in [3.8, 4) is 0 Å². The van der Waals surface area contributed by atoms with Gasteiger partial charge in [-0.05, 0) is 12.8 Å². The quantitative estimate of drug-likeness (QED) is 0.284. The zero-order valence-corrected chi connectivity index (χ0v) is 10.2. The summed E-state index contributed by atoms with van der Waals surface area (Å²) in [6, 6.07) is -0.314. The topological polar surface area (TPSA) is 187 Å². The third-order valence-corrected chi connectivity index (χ3v) is 2.52. The van der Waals surface area contributed by atoms with Gasteiger partial charge >= 0.3 is 15.9 Å². The van der Waals surface area contributed by atoms with E-state index < -0.39 is 21.7 Å². The lowest BCUT2D eigenvalue weighted by Gasteiger charge is -2.14. The van der Waals surface area contributed by atoms with Crippen molar-refractivity contribution >= 4 is 15.9 Å². The van der Waals surface area contributed by atoms with Crippen molar-refractivity contribution in [2.24, 2.45) is 11.5 Å². The Bertz CT molecular complexity index is 241. The van der Waals surface area contributed by atoms with E-state index >= 15 is 0 Å². The minimum Gasteiger partial charge on any atom is -0.380 e. The summed E-state index contributed by atoms with van der Waals surface area (Å²) in [6.45, 7) is 0.244. The average molecular weight is 279 g/mol. The van der Waals surface area contributed by atoms with Crippen molar-refractivity contribution in [3.05, 3.63) is 0 Å². The lowest BCUT2D eigenvalue weighted by atomic mass is 10.2. The predicted molar refractivity (Wildman–Crippen MR) is 56.4 cm³/mol. The summed E-state index contributed by atoms with van der Waals surface area (Å²) in [5.41, 5.74) is 10.5. The lowest BCUT2D eigenvalue weighted by Crippen LogP contribution is -2.30. The molecule has 0 aliphatic carbocycles. The molecule has 0 saturated heterocycles. The molecule has 9 nitrogen and oxygen atoms in total. The molecule has 0 aliphatic rings. The normalized spacial score (nSPS) is 14.7. The van der Waals surface area contributed by atoms with Crippen LogP contribution in [-0.4, -0.2) is 43.1 Å². The monoisotopic (exact) mass is 279 g/mol. The van der Waals surface area contributed by atoms with Crippen LogP contribution in [0.1, 0.15) is 12.8 Å². The van der Waals surface area contributed by atoms with Gasteiger partial charge in [-0.3, -0.25) is 4.57 Å². The summed E-state index contributed by atoms with van der Waals surface area (Å²) in [6.07, 6.45) is 0.283. The molecule has 0 fully saturated rings. The van der Waals surface area contributed by atoms with E-state index in [9.17, 15) is 4.57 Å². The zero-order chi connectivity index (χ0) is 13.4. The molecular formula is C5H17N2O7P2+. The van der Waals surface area contributed by atoms with Crippen LogP contribution in [0.4, 0.5) is 0 Å². The zero-order valence-electron chi connectivity index (χ0n) is 8.38. The molecule has 0 rings (SSSR count). The molecule has 98 valence electrons. The van der Waals surface area contributed by atoms with Crippen molar-refractivity contribution in [1.82, 2.24) is 0 Å². The van der Waals surface area contributed by atoms with Gasteiger partial charge < -0.3 is 26.4 Å². The van der Waals surface area contributed by atoms with Crippen molar-refractivity contribution in [3.63, 3.8) is 0 Å². The number of hydrogen-bond donors (Lipinski definition) is 7. The molecule has 0 radical (unpaired) electrons. The molecule has 16 heavy (non-hydrogen) atoms. The van der Waals surface area contributed by atoms with Crippen LogP contribution >= 0.6 is 15.9 Å². The van der Waals surface area contributed by atoms with Gasteiger partial charge in [0.1, 0.15) is 0 Å². The first kappa shape index (κ1) is 18.4. The van der Waals surface area contributed by atoms with Crippen LogP contribution in [0.3, 0.4) is 0 Å². The van der Waals surface area contributed by atoms with Gasteiger partial charge in [0, 0.05) is 17.2 Å². The molecule has 0 saturated carbocycles. The SMILES string of the molecule is NCC(N)CCC(O)P(=O)(O)O.O=[P+](O)O. The van der Waals surface area contributed by atoms with Crippen LogP contribution in [0.15, 0.2) is 0 Å². The average Bonchev–Trinajstić information content (AvgIpc) is 2.10. The second-order valence-electron chi connectivity index (χ2n) is 2.90. The highest BCUT2D eigenvalue weighted by Crippen LogP contribution is 2.41. The minimum absolute atomic E-state index is 0.0252. The van der Waals surface area contributed by atoms with Gasteiger partial charge in [-0.15, -0.1) is 9.79 Å². The first-order valence-corrected chi connectivity index (χ1v) is 6.99. The van der Waals surface area contributed by atoms with E-state index in [-0.39, 0.29) is 19.0 Å². The van der Waals surface area contributed by atoms with E-state index in [1.807, 2.05) is 0 Å². The van der Waals surface area contributed by atoms with Crippen LogP contribution in [-0.2, 0) is 9.13 Å². The Labute approximate surface area is 93.2 Å². The Hall–Kier alpha value is 0.0500. The number of aliphatic hydroxyl groups excluding tert-OH is 1. The van der Waals surface area contributed by atoms with Gasteiger partial charge in [0.25, 0.3) is 0 Å². The fraction of sp³-hybridized carbons (Fsp3) is 1.00. The van der Waals surface area contributed by atoms with Gasteiger partial charge in [0.2, 0.25) is 0 Å². The van der Waals surface area contributed by atoms with Crippen molar-refractivity contribution < 1.29 is 33.8 Å². The highest BCUT2D eigenvalue weighted by Gasteiger charge is 2.25. The molecule has 0 aromatic carbocycles. The molecule has 0 aromatic heterocycles. The van der Waals surface area contributed by atoms with Gasteiger partial charge in [-0.1, -0.05) is 0 Å². The molecule has 0 aromatic rings. The Balaban J connectivity index is 0. The highest BCUT2D eigenvalue weighted by molar-refractivity contribution is 7.52. The van der Waals surface area contributed by atoms with E-state index in [4.69, 9.17) is 40.7 Å². The Morgan fingerprint density at radius 2 is 1.62 bits per heavy atom. The van der Waals surface area contributed by atoms with E-state index in [0.717, 1.165) is 0 Å². The minimum atomic E-state index is -4.36. The van der Waals surface area contributed by atoms with Gasteiger partial charge in [-0.25, -0.2) is 0 Å². The van der Waals surface area contributed by atoms with Crippen molar-refractivity contribution in [1.29, 1.82) is 0 Å². The van der Waals surface area contributed by atoms with Crippen molar-refractivity contribution in [2.75, 3.05) is 6.54 Å². The Morgan fingerprint density at radius 1 is 1.25 bits per heavy atom. The summed E-state index contributed by atoms with van der Waals surface area (Å²) in [7, 11) is -7.23. The molecule has 11 heteroatoms. The first-order chi connectivity index (χ1) is 7.11. The van der Waals surface area contributed by atoms with E-state index in [2.05, 4.69) is 0 Å². The molecule has 0 heterocycles. The maximum Gasteiger partial charge on any atom is 0.692 e. The second-order valence-corrected chi connectivity index (χ2v) is 5.18. The summed E-state index contributed by atoms with van der Waals surface area (Å²) in [5.74, 6) is -1.62. The third kappa shape index (κ3) is 14.1. The number of rotatable bonds is 5. The maximum atomic E-state index is 10.4. The van der Waals surface area contributed by atoms with Gasteiger partial charge in [0.15, 0.2) is 5.85 Å². The Morgan fingerprint density at radius 3 is 1.88 bits per heavy atom.